The van der Waals surface area contributed by atoms with Gasteiger partial charge < -0.3 is 14.3 Å². The van der Waals surface area contributed by atoms with Gasteiger partial charge in [0.05, 0.1) is 11.3 Å². The second kappa shape index (κ2) is 8.94. The first kappa shape index (κ1) is 22.6. The molecule has 7 nitrogen and oxygen atoms in total. The van der Waals surface area contributed by atoms with Crippen LogP contribution in [0.25, 0.3) is 0 Å². The molecule has 2 heterocycles. The van der Waals surface area contributed by atoms with Crippen LogP contribution in [-0.4, -0.2) is 26.4 Å². The van der Waals surface area contributed by atoms with Crippen molar-refractivity contribution in [1.29, 1.82) is 5.26 Å². The highest BCUT2D eigenvalue weighted by molar-refractivity contribution is 7.99. The molecule has 3 rings (SSSR count). The van der Waals surface area contributed by atoms with Crippen molar-refractivity contribution in [3.63, 3.8) is 0 Å². The summed E-state index contributed by atoms with van der Waals surface area (Å²) in [5.41, 5.74) is 2.64. The van der Waals surface area contributed by atoms with E-state index in [1.165, 1.54) is 12.1 Å². The topological polar surface area (TPSA) is 96.7 Å². The predicted octanol–water partition coefficient (Wildman–Crippen LogP) is 4.58. The maximum Gasteiger partial charge on any atom is 0.277 e. The number of aromatic nitrogens is 3. The number of amides is 1. The maximum absolute atomic E-state index is 13.2. The van der Waals surface area contributed by atoms with Crippen LogP contribution in [0, 0.1) is 31.0 Å². The summed E-state index contributed by atoms with van der Waals surface area (Å²) in [4.78, 5) is 12.6. The van der Waals surface area contributed by atoms with E-state index in [1.54, 1.807) is 12.1 Å². The summed E-state index contributed by atoms with van der Waals surface area (Å²) >= 11 is 1.13. The summed E-state index contributed by atoms with van der Waals surface area (Å²) < 4.78 is 20.7. The molecule has 9 heteroatoms. The molecular weight excluding hydrogens is 417 g/mol. The van der Waals surface area contributed by atoms with Crippen molar-refractivity contribution in [3.8, 4) is 6.07 Å². The molecule has 1 amide bonds. The summed E-state index contributed by atoms with van der Waals surface area (Å²) in [6.45, 7) is 10.0. The minimum atomic E-state index is -0.317. The smallest absolute Gasteiger partial charge is 0.277 e. The Kier molecular flexibility index (Phi) is 6.51. The zero-order chi connectivity index (χ0) is 22.8. The van der Waals surface area contributed by atoms with E-state index in [-0.39, 0.29) is 22.9 Å². The van der Waals surface area contributed by atoms with E-state index in [4.69, 9.17) is 4.42 Å². The highest BCUT2D eigenvalue weighted by atomic mass is 32.2. The summed E-state index contributed by atoms with van der Waals surface area (Å²) in [7, 11) is 0. The number of hydrogen-bond acceptors (Lipinski definition) is 6. The third kappa shape index (κ3) is 5.14. The largest absolute Gasteiger partial charge is 0.415 e. The van der Waals surface area contributed by atoms with Gasteiger partial charge in [-0.25, -0.2) is 4.39 Å². The van der Waals surface area contributed by atoms with E-state index < -0.39 is 0 Å². The van der Waals surface area contributed by atoms with Gasteiger partial charge in [-0.3, -0.25) is 4.79 Å². The molecule has 0 bridgehead atoms. The molecule has 0 fully saturated rings. The van der Waals surface area contributed by atoms with Crippen LogP contribution in [0.15, 0.2) is 33.9 Å². The Morgan fingerprint density at radius 3 is 2.52 bits per heavy atom. The second-order valence-electron chi connectivity index (χ2n) is 8.22. The zero-order valence-corrected chi connectivity index (χ0v) is 18.9. The first-order valence-corrected chi connectivity index (χ1v) is 10.7. The van der Waals surface area contributed by atoms with Crippen molar-refractivity contribution in [2.24, 2.45) is 0 Å². The number of hydrogen-bond donors (Lipinski definition) is 1. The molecular formula is C22H24FN5O2S. The number of nitriles is 1. The Hall–Kier alpha value is -3.12. The number of nitrogens with zero attached hydrogens (tertiary/aromatic N) is 4. The molecule has 0 radical (unpaired) electrons. The van der Waals surface area contributed by atoms with Crippen LogP contribution in [0.2, 0.25) is 0 Å². The zero-order valence-electron chi connectivity index (χ0n) is 18.1. The van der Waals surface area contributed by atoms with E-state index in [2.05, 4.69) is 21.6 Å². The number of halogens is 1. The van der Waals surface area contributed by atoms with Crippen molar-refractivity contribution in [2.75, 3.05) is 11.1 Å². The van der Waals surface area contributed by atoms with Crippen molar-refractivity contribution in [2.45, 2.75) is 51.8 Å². The number of anilines is 1. The molecule has 3 aromatic rings. The van der Waals surface area contributed by atoms with Gasteiger partial charge in [0.2, 0.25) is 11.8 Å². The molecule has 0 spiro atoms. The lowest BCUT2D eigenvalue weighted by Crippen LogP contribution is -2.18. The summed E-state index contributed by atoms with van der Waals surface area (Å²) in [5, 5.41) is 20.8. The van der Waals surface area contributed by atoms with Crippen molar-refractivity contribution >= 4 is 23.5 Å². The number of carbonyl (C=O) groups excluding carboxylic acids is 1. The van der Waals surface area contributed by atoms with Crippen molar-refractivity contribution < 1.29 is 13.6 Å². The molecule has 0 unspecified atom stereocenters. The fraction of sp³-hybridized carbons (Fsp3) is 0.364. The highest BCUT2D eigenvalue weighted by Gasteiger charge is 2.23. The predicted molar refractivity (Wildman–Crippen MR) is 116 cm³/mol. The summed E-state index contributed by atoms with van der Waals surface area (Å²) in [6, 6.07) is 8.31. The molecule has 162 valence electrons. The van der Waals surface area contributed by atoms with Crippen molar-refractivity contribution in [1.82, 2.24) is 14.8 Å². The molecule has 0 aliphatic rings. The average Bonchev–Trinajstić information content (AvgIpc) is 3.28. The Morgan fingerprint density at radius 1 is 1.26 bits per heavy atom. The highest BCUT2D eigenvalue weighted by Crippen LogP contribution is 2.28. The third-order valence-corrected chi connectivity index (χ3v) is 5.65. The minimum Gasteiger partial charge on any atom is -0.415 e. The Balaban J connectivity index is 1.77. The summed E-state index contributed by atoms with van der Waals surface area (Å²) in [5.74, 6) is 0.365. The number of nitrogens with one attached hydrogen (secondary N) is 1. The Bertz CT molecular complexity index is 1140. The van der Waals surface area contributed by atoms with Gasteiger partial charge in [0.1, 0.15) is 17.7 Å². The number of rotatable bonds is 6. The molecule has 0 atom stereocenters. The summed E-state index contributed by atoms with van der Waals surface area (Å²) in [6.07, 6.45) is 0. The van der Waals surface area contributed by atoms with Crippen LogP contribution in [0.4, 0.5) is 10.2 Å². The number of thioether (sulfide) groups is 1. The fourth-order valence-electron chi connectivity index (χ4n) is 2.97. The second-order valence-corrected chi connectivity index (χ2v) is 9.14. The van der Waals surface area contributed by atoms with Crippen LogP contribution < -0.4 is 5.32 Å². The molecule has 0 aliphatic carbocycles. The molecule has 1 N–H and O–H groups in total. The normalized spacial score (nSPS) is 11.4. The third-order valence-electron chi connectivity index (χ3n) is 4.83. The van der Waals surface area contributed by atoms with Gasteiger partial charge in [0.15, 0.2) is 0 Å². The van der Waals surface area contributed by atoms with E-state index in [1.807, 2.05) is 39.2 Å². The van der Waals surface area contributed by atoms with Crippen LogP contribution in [-0.2, 0) is 16.8 Å². The number of benzene rings is 1. The van der Waals surface area contributed by atoms with Crippen molar-refractivity contribution in [3.05, 3.63) is 58.4 Å². The number of carbonyl (C=O) groups is 1. The first-order chi connectivity index (χ1) is 14.6. The maximum atomic E-state index is 13.2. The van der Waals surface area contributed by atoms with Gasteiger partial charge in [-0.05, 0) is 37.1 Å². The van der Waals surface area contributed by atoms with Gasteiger partial charge in [0, 0.05) is 17.7 Å². The van der Waals surface area contributed by atoms with Gasteiger partial charge in [-0.2, -0.15) is 5.26 Å². The van der Waals surface area contributed by atoms with Gasteiger partial charge in [-0.1, -0.05) is 44.7 Å². The van der Waals surface area contributed by atoms with Gasteiger partial charge in [0.25, 0.3) is 5.22 Å². The quantitative estimate of drug-likeness (QED) is 0.563. The van der Waals surface area contributed by atoms with E-state index in [9.17, 15) is 14.4 Å². The van der Waals surface area contributed by atoms with Crippen LogP contribution in [0.3, 0.4) is 0 Å². The lowest BCUT2D eigenvalue weighted by molar-refractivity contribution is -0.113. The molecule has 0 saturated heterocycles. The van der Waals surface area contributed by atoms with E-state index >= 15 is 0 Å². The Morgan fingerprint density at radius 2 is 1.94 bits per heavy atom. The molecule has 2 aromatic heterocycles. The lowest BCUT2D eigenvalue weighted by atomic mass is 9.97. The Labute approximate surface area is 184 Å². The van der Waals surface area contributed by atoms with E-state index in [0.717, 1.165) is 28.6 Å². The molecule has 1 aromatic carbocycles. The van der Waals surface area contributed by atoms with Gasteiger partial charge in [-0.15, -0.1) is 10.2 Å². The SMILES string of the molecule is Cc1c(C#N)c(NC(=O)CSc2nnc(C(C)(C)C)o2)n(Cc2ccc(F)cc2)c1C. The lowest BCUT2D eigenvalue weighted by Gasteiger charge is -2.13. The van der Waals surface area contributed by atoms with E-state index in [0.29, 0.717) is 29.0 Å². The monoisotopic (exact) mass is 441 g/mol. The molecule has 0 aliphatic heterocycles. The first-order valence-electron chi connectivity index (χ1n) is 9.71. The molecule has 31 heavy (non-hydrogen) atoms. The standard InChI is InChI=1S/C22H24FN5O2S/c1-13-14(2)28(11-15-6-8-16(23)9-7-15)19(17(13)10-24)25-18(29)12-31-21-27-26-20(30-21)22(3,4)5/h6-9H,11-12H2,1-5H3,(H,25,29). The fourth-order valence-corrected chi connectivity index (χ4v) is 3.53. The molecule has 0 saturated carbocycles. The van der Waals surface area contributed by atoms with Crippen LogP contribution >= 0.6 is 11.8 Å². The minimum absolute atomic E-state index is 0.0521. The van der Waals surface area contributed by atoms with Crippen LogP contribution in [0.1, 0.15) is 49.0 Å². The average molecular weight is 442 g/mol. The van der Waals surface area contributed by atoms with Gasteiger partial charge >= 0.3 is 0 Å². The van der Waals surface area contributed by atoms with Crippen LogP contribution in [0.5, 0.6) is 0 Å².